The number of hydrogen-bond donors (Lipinski definition) is 1. The summed E-state index contributed by atoms with van der Waals surface area (Å²) in [6.45, 7) is 2.65. The number of amides is 1. The molecule has 2 aromatic carbocycles. The van der Waals surface area contributed by atoms with Crippen LogP contribution in [0.2, 0.25) is 0 Å². The summed E-state index contributed by atoms with van der Waals surface area (Å²) >= 11 is 0. The zero-order valence-corrected chi connectivity index (χ0v) is 16.9. The molecule has 1 atom stereocenters. The standard InChI is InChI=1S/C23H25N3O4/c1-2-3-15-26-19-12-8-7-11-17(19)25-18(23(26)29)13-14-20(27)30-21(22(24)28)16-9-5-4-6-10-16/h4-12,21H,2-3,13-15H2,1H3,(H2,24,28). The quantitative estimate of drug-likeness (QED) is 0.549. The van der Waals surface area contributed by atoms with Crippen LogP contribution >= 0.6 is 0 Å². The second kappa shape index (κ2) is 9.82. The maximum absolute atomic E-state index is 12.9. The molecule has 3 aromatic rings. The van der Waals surface area contributed by atoms with Crippen LogP contribution in [0.25, 0.3) is 11.0 Å². The van der Waals surface area contributed by atoms with Gasteiger partial charge < -0.3 is 15.0 Å². The summed E-state index contributed by atoms with van der Waals surface area (Å²) in [6.07, 6.45) is 0.704. The molecular formula is C23H25N3O4. The first-order chi connectivity index (χ1) is 14.5. The molecule has 2 N–H and O–H groups in total. The number of unbranched alkanes of at least 4 members (excludes halogenated alkanes) is 1. The third-order valence-corrected chi connectivity index (χ3v) is 4.83. The highest BCUT2D eigenvalue weighted by molar-refractivity contribution is 5.83. The number of primary amides is 1. The van der Waals surface area contributed by atoms with Crippen LogP contribution in [0.4, 0.5) is 0 Å². The zero-order valence-electron chi connectivity index (χ0n) is 16.9. The monoisotopic (exact) mass is 407 g/mol. The molecule has 0 aliphatic carbocycles. The molecule has 3 rings (SSSR count). The average molecular weight is 407 g/mol. The maximum atomic E-state index is 12.9. The molecule has 7 heteroatoms. The Morgan fingerprint density at radius 3 is 2.50 bits per heavy atom. The van der Waals surface area contributed by atoms with Gasteiger partial charge in [-0.3, -0.25) is 14.4 Å². The van der Waals surface area contributed by atoms with Gasteiger partial charge in [0.15, 0.2) is 0 Å². The molecule has 0 saturated heterocycles. The van der Waals surface area contributed by atoms with E-state index in [2.05, 4.69) is 11.9 Å². The second-order valence-electron chi connectivity index (χ2n) is 7.04. The predicted octanol–water partition coefficient (Wildman–Crippen LogP) is 2.90. The normalized spacial score (nSPS) is 11.9. The topological polar surface area (TPSA) is 104 Å². The molecule has 0 aliphatic rings. The number of rotatable bonds is 9. The summed E-state index contributed by atoms with van der Waals surface area (Å²) in [5.41, 5.74) is 7.48. The molecule has 1 amide bonds. The highest BCUT2D eigenvalue weighted by Gasteiger charge is 2.22. The van der Waals surface area contributed by atoms with Crippen molar-refractivity contribution in [2.45, 2.75) is 45.3 Å². The van der Waals surface area contributed by atoms with E-state index in [0.717, 1.165) is 18.4 Å². The van der Waals surface area contributed by atoms with E-state index in [1.165, 1.54) is 0 Å². The summed E-state index contributed by atoms with van der Waals surface area (Å²) in [5, 5.41) is 0. The van der Waals surface area contributed by atoms with Gasteiger partial charge in [-0.1, -0.05) is 55.8 Å². The minimum atomic E-state index is -1.16. The summed E-state index contributed by atoms with van der Waals surface area (Å²) in [5.74, 6) is -1.36. The molecule has 1 heterocycles. The Bertz CT molecular complexity index is 1090. The first kappa shape index (κ1) is 21.2. The Morgan fingerprint density at radius 1 is 1.10 bits per heavy atom. The predicted molar refractivity (Wildman–Crippen MR) is 114 cm³/mol. The van der Waals surface area contributed by atoms with Gasteiger partial charge in [-0.05, 0) is 18.6 Å². The molecule has 1 aromatic heterocycles. The summed E-state index contributed by atoms with van der Waals surface area (Å²) in [7, 11) is 0. The van der Waals surface area contributed by atoms with Crippen LogP contribution in [0, 0.1) is 0 Å². The van der Waals surface area contributed by atoms with E-state index < -0.39 is 18.0 Å². The Hall–Kier alpha value is -3.48. The fourth-order valence-electron chi connectivity index (χ4n) is 3.28. The van der Waals surface area contributed by atoms with Gasteiger partial charge in [0.25, 0.3) is 11.5 Å². The lowest BCUT2D eigenvalue weighted by Crippen LogP contribution is -2.28. The van der Waals surface area contributed by atoms with Crippen LogP contribution in [-0.4, -0.2) is 21.4 Å². The van der Waals surface area contributed by atoms with Crippen LogP contribution in [0.3, 0.4) is 0 Å². The molecular weight excluding hydrogens is 382 g/mol. The van der Waals surface area contributed by atoms with E-state index in [-0.39, 0.29) is 18.4 Å². The molecule has 1 unspecified atom stereocenters. The van der Waals surface area contributed by atoms with Crippen LogP contribution in [0.1, 0.15) is 43.5 Å². The number of fused-ring (bicyclic) bond motifs is 1. The van der Waals surface area contributed by atoms with Crippen molar-refractivity contribution in [2.24, 2.45) is 5.73 Å². The third kappa shape index (κ3) is 4.92. The molecule has 0 radical (unpaired) electrons. The van der Waals surface area contributed by atoms with E-state index in [9.17, 15) is 14.4 Å². The van der Waals surface area contributed by atoms with Crippen LogP contribution in [0.15, 0.2) is 59.4 Å². The lowest BCUT2D eigenvalue weighted by molar-refractivity contribution is -0.155. The second-order valence-corrected chi connectivity index (χ2v) is 7.04. The maximum Gasteiger partial charge on any atom is 0.307 e. The van der Waals surface area contributed by atoms with Gasteiger partial charge in [-0.2, -0.15) is 0 Å². The van der Waals surface area contributed by atoms with Gasteiger partial charge in [-0.25, -0.2) is 4.98 Å². The summed E-state index contributed by atoms with van der Waals surface area (Å²) in [4.78, 5) is 41.5. The molecule has 0 aliphatic heterocycles. The Kier molecular flexibility index (Phi) is 6.95. The first-order valence-corrected chi connectivity index (χ1v) is 10.0. The van der Waals surface area contributed by atoms with Gasteiger partial charge in [0, 0.05) is 18.5 Å². The fraction of sp³-hybridized carbons (Fsp3) is 0.304. The van der Waals surface area contributed by atoms with Crippen molar-refractivity contribution < 1.29 is 14.3 Å². The van der Waals surface area contributed by atoms with Crippen molar-refractivity contribution in [2.75, 3.05) is 0 Å². The Labute approximate surface area is 174 Å². The lowest BCUT2D eigenvalue weighted by atomic mass is 10.1. The van der Waals surface area contributed by atoms with Gasteiger partial charge in [0.1, 0.15) is 5.69 Å². The molecule has 0 fully saturated rings. The highest BCUT2D eigenvalue weighted by Crippen LogP contribution is 2.18. The fourth-order valence-corrected chi connectivity index (χ4v) is 3.28. The number of nitrogens with zero attached hydrogens (tertiary/aromatic N) is 2. The molecule has 0 bridgehead atoms. The van der Waals surface area contributed by atoms with Crippen molar-refractivity contribution >= 4 is 22.9 Å². The number of aromatic nitrogens is 2. The smallest absolute Gasteiger partial charge is 0.307 e. The van der Waals surface area contributed by atoms with Gasteiger partial charge in [-0.15, -0.1) is 0 Å². The number of nitrogens with two attached hydrogens (primary N) is 1. The number of esters is 1. The summed E-state index contributed by atoms with van der Waals surface area (Å²) in [6, 6.07) is 16.0. The number of carbonyl (C=O) groups is 2. The van der Waals surface area contributed by atoms with Gasteiger partial charge >= 0.3 is 5.97 Å². The molecule has 7 nitrogen and oxygen atoms in total. The van der Waals surface area contributed by atoms with E-state index in [0.29, 0.717) is 23.3 Å². The van der Waals surface area contributed by atoms with Crippen molar-refractivity contribution in [3.8, 4) is 0 Å². The van der Waals surface area contributed by atoms with Gasteiger partial charge in [0.05, 0.1) is 17.5 Å². The lowest BCUT2D eigenvalue weighted by Gasteiger charge is -2.15. The van der Waals surface area contributed by atoms with Gasteiger partial charge in [0.2, 0.25) is 6.10 Å². The van der Waals surface area contributed by atoms with Crippen LogP contribution < -0.4 is 11.3 Å². The molecule has 156 valence electrons. The highest BCUT2D eigenvalue weighted by atomic mass is 16.5. The average Bonchev–Trinajstić information content (AvgIpc) is 2.76. The number of hydrogen-bond acceptors (Lipinski definition) is 5. The van der Waals surface area contributed by atoms with E-state index in [1.54, 1.807) is 34.9 Å². The molecule has 0 spiro atoms. The van der Waals surface area contributed by atoms with Crippen molar-refractivity contribution in [1.29, 1.82) is 0 Å². The number of carbonyl (C=O) groups excluding carboxylic acids is 2. The minimum absolute atomic E-state index is 0.0784. The van der Waals surface area contributed by atoms with Crippen molar-refractivity contribution in [3.63, 3.8) is 0 Å². The van der Waals surface area contributed by atoms with Crippen molar-refractivity contribution in [1.82, 2.24) is 9.55 Å². The first-order valence-electron chi connectivity index (χ1n) is 10.0. The Balaban J connectivity index is 1.78. The van der Waals surface area contributed by atoms with Crippen LogP contribution in [-0.2, 0) is 27.3 Å². The van der Waals surface area contributed by atoms with Crippen molar-refractivity contribution in [3.05, 3.63) is 76.2 Å². The third-order valence-electron chi connectivity index (χ3n) is 4.83. The largest absolute Gasteiger partial charge is 0.447 e. The zero-order chi connectivity index (χ0) is 21.5. The minimum Gasteiger partial charge on any atom is -0.447 e. The number of aryl methyl sites for hydroxylation is 2. The van der Waals surface area contributed by atoms with E-state index in [1.807, 2.05) is 24.3 Å². The number of ether oxygens (including phenoxy) is 1. The Morgan fingerprint density at radius 2 is 1.80 bits per heavy atom. The summed E-state index contributed by atoms with van der Waals surface area (Å²) < 4.78 is 7.00. The SMILES string of the molecule is CCCCn1c(=O)c(CCC(=O)OC(C(N)=O)c2ccccc2)nc2ccccc21. The molecule has 30 heavy (non-hydrogen) atoms. The molecule has 0 saturated carbocycles. The van der Waals surface area contributed by atoms with Crippen LogP contribution in [0.5, 0.6) is 0 Å². The van der Waals surface area contributed by atoms with E-state index >= 15 is 0 Å². The number of para-hydroxylation sites is 2. The van der Waals surface area contributed by atoms with E-state index in [4.69, 9.17) is 10.5 Å². The number of benzene rings is 2.